The van der Waals surface area contributed by atoms with E-state index in [1.165, 1.54) is 50.1 Å². The van der Waals surface area contributed by atoms with Crippen molar-refractivity contribution >= 4 is 17.4 Å². The van der Waals surface area contributed by atoms with Crippen LogP contribution in [-0.2, 0) is 25.7 Å². The second-order valence-electron chi connectivity index (χ2n) is 9.53. The summed E-state index contributed by atoms with van der Waals surface area (Å²) in [5.41, 5.74) is 19.3. The van der Waals surface area contributed by atoms with Gasteiger partial charge in [0.15, 0.2) is 0 Å². The van der Waals surface area contributed by atoms with Gasteiger partial charge < -0.3 is 5.73 Å². The number of hydrogen-bond acceptors (Lipinski definition) is 5. The van der Waals surface area contributed by atoms with Gasteiger partial charge >= 0.3 is 0 Å². The largest absolute Gasteiger partial charge is 0.320 e. The number of aliphatic imine (C=N–C) groups is 1. The maximum atomic E-state index is 6.39. The molecule has 2 aromatic heterocycles. The number of pyridine rings is 2. The zero-order valence-corrected chi connectivity index (χ0v) is 21.6. The molecule has 0 spiro atoms. The fourth-order valence-electron chi connectivity index (χ4n) is 5.58. The molecule has 0 radical (unpaired) electrons. The van der Waals surface area contributed by atoms with Crippen LogP contribution in [0.2, 0.25) is 0 Å². The molecule has 0 aliphatic heterocycles. The monoisotopic (exact) mass is 490 g/mol. The molecule has 6 rings (SSSR count). The molecule has 36 heavy (non-hydrogen) atoms. The van der Waals surface area contributed by atoms with E-state index in [1.54, 1.807) is 0 Å². The Morgan fingerprint density at radius 3 is 1.94 bits per heavy atom. The molecule has 0 amide bonds. The van der Waals surface area contributed by atoms with E-state index in [4.69, 9.17) is 18.0 Å². The number of nitrogens with two attached hydrogens (primary N) is 1. The Balaban J connectivity index is 0.000000149. The van der Waals surface area contributed by atoms with Crippen LogP contribution >= 0.6 is 12.2 Å². The molecule has 2 aliphatic carbocycles. The lowest BCUT2D eigenvalue weighted by Gasteiger charge is -2.15. The number of isothiocyanates is 1. The van der Waals surface area contributed by atoms with Gasteiger partial charge in [0.05, 0.1) is 11.2 Å². The summed E-state index contributed by atoms with van der Waals surface area (Å²) in [6.45, 7) is 4.32. The quantitative estimate of drug-likeness (QED) is 0.254. The third kappa shape index (κ3) is 4.66. The Bertz CT molecular complexity index is 1450. The Morgan fingerprint density at radius 1 is 0.750 bits per heavy atom. The molecule has 0 saturated carbocycles. The van der Waals surface area contributed by atoms with Crippen LogP contribution in [0.5, 0.6) is 0 Å². The van der Waals surface area contributed by atoms with Crippen LogP contribution in [0.4, 0.5) is 0 Å². The molecule has 2 heterocycles. The van der Waals surface area contributed by atoms with Crippen LogP contribution in [0.15, 0.2) is 78.3 Å². The summed E-state index contributed by atoms with van der Waals surface area (Å²) in [4.78, 5) is 12.8. The molecule has 180 valence electrons. The van der Waals surface area contributed by atoms with E-state index in [2.05, 4.69) is 82.5 Å². The highest BCUT2D eigenvalue weighted by molar-refractivity contribution is 7.78. The Morgan fingerprint density at radius 2 is 1.31 bits per heavy atom. The maximum Gasteiger partial charge on any atom is 0.112 e. The molecule has 5 heteroatoms. The molecule has 0 fully saturated rings. The van der Waals surface area contributed by atoms with E-state index < -0.39 is 0 Å². The van der Waals surface area contributed by atoms with E-state index in [0.29, 0.717) is 0 Å². The summed E-state index contributed by atoms with van der Waals surface area (Å²) in [6, 6.07) is 16.9. The van der Waals surface area contributed by atoms with Gasteiger partial charge in [0, 0.05) is 30.4 Å². The van der Waals surface area contributed by atoms with Gasteiger partial charge in [-0.3, -0.25) is 9.97 Å². The van der Waals surface area contributed by atoms with Gasteiger partial charge in [-0.2, -0.15) is 0 Å². The topological polar surface area (TPSA) is 64.2 Å². The first kappa shape index (κ1) is 24.2. The van der Waals surface area contributed by atoms with Gasteiger partial charge in [-0.1, -0.05) is 36.4 Å². The van der Waals surface area contributed by atoms with E-state index in [-0.39, 0.29) is 12.1 Å². The minimum atomic E-state index is -0.0569. The number of fused-ring (bicyclic) bond motifs is 4. The number of rotatable bonds is 1. The lowest BCUT2D eigenvalue weighted by molar-refractivity contribution is 0.853. The van der Waals surface area contributed by atoms with Crippen LogP contribution < -0.4 is 5.73 Å². The summed E-state index contributed by atoms with van der Waals surface area (Å²) >= 11 is 4.83. The molecule has 2 aliphatic rings. The van der Waals surface area contributed by atoms with Crippen molar-refractivity contribution < 1.29 is 0 Å². The molecular weight excluding hydrogens is 460 g/mol. The van der Waals surface area contributed by atoms with Crippen molar-refractivity contribution in [1.82, 2.24) is 9.97 Å². The second kappa shape index (κ2) is 10.6. The summed E-state index contributed by atoms with van der Waals surface area (Å²) in [6.07, 6.45) is 11.7. The fraction of sp³-hybridized carbons (Fsp3) is 0.258. The van der Waals surface area contributed by atoms with Crippen molar-refractivity contribution in [3.05, 3.63) is 129 Å². The zero-order chi connectivity index (χ0) is 25.1. The molecule has 2 unspecified atom stereocenters. The smallest absolute Gasteiger partial charge is 0.112 e. The molecule has 2 aromatic carbocycles. The van der Waals surface area contributed by atoms with Gasteiger partial charge in [-0.05, 0) is 114 Å². The van der Waals surface area contributed by atoms with Crippen LogP contribution in [0.3, 0.4) is 0 Å². The lowest BCUT2D eigenvalue weighted by atomic mass is 9.94. The Kier molecular flexibility index (Phi) is 7.15. The van der Waals surface area contributed by atoms with E-state index in [1.807, 2.05) is 24.8 Å². The molecule has 4 aromatic rings. The zero-order valence-electron chi connectivity index (χ0n) is 20.7. The molecular formula is C31H30N4S. The van der Waals surface area contributed by atoms with Crippen molar-refractivity contribution in [1.29, 1.82) is 0 Å². The average molecular weight is 491 g/mol. The number of hydrogen-bond donors (Lipinski definition) is 1. The summed E-state index contributed by atoms with van der Waals surface area (Å²) in [5.74, 6) is 0. The second-order valence-corrected chi connectivity index (χ2v) is 9.72. The van der Waals surface area contributed by atoms with Crippen molar-refractivity contribution in [3.8, 4) is 0 Å². The first-order valence-electron chi connectivity index (χ1n) is 12.4. The number of aryl methyl sites for hydroxylation is 4. The molecule has 4 nitrogen and oxygen atoms in total. The molecule has 0 bridgehead atoms. The average Bonchev–Trinajstić information content (AvgIpc) is 3.15. The SMILES string of the molecule is Cc1cccc2c1CCc1ccncc1C2N.Cc1cccc2c1CCc1ccncc1C2N=C=S. The highest BCUT2D eigenvalue weighted by Gasteiger charge is 2.24. The van der Waals surface area contributed by atoms with Gasteiger partial charge in [0.1, 0.15) is 6.04 Å². The lowest BCUT2D eigenvalue weighted by Crippen LogP contribution is -2.14. The van der Waals surface area contributed by atoms with Crippen molar-refractivity contribution in [2.45, 2.75) is 51.6 Å². The van der Waals surface area contributed by atoms with E-state index >= 15 is 0 Å². The highest BCUT2D eigenvalue weighted by atomic mass is 32.1. The van der Waals surface area contributed by atoms with Gasteiger partial charge in [0.25, 0.3) is 0 Å². The summed E-state index contributed by atoms with van der Waals surface area (Å²) in [7, 11) is 0. The van der Waals surface area contributed by atoms with Crippen LogP contribution in [0.1, 0.15) is 67.7 Å². The Labute approximate surface area is 218 Å². The highest BCUT2D eigenvalue weighted by Crippen LogP contribution is 2.36. The fourth-order valence-corrected chi connectivity index (χ4v) is 5.68. The number of aromatic nitrogens is 2. The van der Waals surface area contributed by atoms with E-state index in [9.17, 15) is 0 Å². The number of nitrogens with zero attached hydrogens (tertiary/aromatic N) is 3. The van der Waals surface area contributed by atoms with Gasteiger partial charge in [0.2, 0.25) is 0 Å². The molecule has 0 saturated heterocycles. The normalized spacial score (nSPS) is 17.4. The minimum Gasteiger partial charge on any atom is -0.320 e. The first-order chi connectivity index (χ1) is 17.6. The number of thiocarbonyl (C=S) groups is 1. The third-order valence-corrected chi connectivity index (χ3v) is 7.62. The predicted molar refractivity (Wildman–Crippen MR) is 149 cm³/mol. The number of benzene rings is 2. The van der Waals surface area contributed by atoms with Crippen LogP contribution in [-0.4, -0.2) is 15.1 Å². The van der Waals surface area contributed by atoms with Crippen molar-refractivity contribution in [2.24, 2.45) is 10.7 Å². The van der Waals surface area contributed by atoms with Crippen LogP contribution in [0.25, 0.3) is 0 Å². The van der Waals surface area contributed by atoms with E-state index in [0.717, 1.165) is 31.2 Å². The molecule has 2 atom stereocenters. The summed E-state index contributed by atoms with van der Waals surface area (Å²) < 4.78 is 0. The Hall–Kier alpha value is -3.50. The maximum absolute atomic E-state index is 6.39. The van der Waals surface area contributed by atoms with Gasteiger partial charge in [-0.15, -0.1) is 0 Å². The first-order valence-corrected chi connectivity index (χ1v) is 12.8. The third-order valence-electron chi connectivity index (χ3n) is 7.52. The minimum absolute atomic E-state index is 0.0314. The predicted octanol–water partition coefficient (Wildman–Crippen LogP) is 6.22. The molecule has 2 N–H and O–H groups in total. The summed E-state index contributed by atoms with van der Waals surface area (Å²) in [5, 5.41) is 2.55. The standard InChI is InChI=1S/C16H14N2S.C15H16N2/c1-11-3-2-4-14-13(11)6-5-12-7-8-17-9-15(12)16(14)18-10-19;1-10-3-2-4-13-12(10)6-5-11-7-8-17-9-14(11)15(13)16/h2-4,7-9,16H,5-6H2,1H3;2-4,7-9,15H,5-6,16H2,1H3. The van der Waals surface area contributed by atoms with Crippen molar-refractivity contribution in [2.75, 3.05) is 0 Å². The van der Waals surface area contributed by atoms with Crippen molar-refractivity contribution in [3.63, 3.8) is 0 Å². The van der Waals surface area contributed by atoms with Gasteiger partial charge in [-0.25, -0.2) is 4.99 Å². The van der Waals surface area contributed by atoms with Crippen LogP contribution in [0, 0.1) is 13.8 Å².